The molecule has 0 bridgehead atoms. The quantitative estimate of drug-likeness (QED) is 0.744. The maximum Gasteiger partial charge on any atom is 0.257 e. The number of hydrogen-bond donors (Lipinski definition) is 1. The number of anilines is 1. The second-order valence-electron chi connectivity index (χ2n) is 3.98. The molecule has 0 radical (unpaired) electrons. The molecule has 0 unspecified atom stereocenters. The summed E-state index contributed by atoms with van der Waals surface area (Å²) in [5.74, 6) is -0.0970. The Hall–Kier alpha value is -2.23. The van der Waals surface area contributed by atoms with Crippen LogP contribution in [0.15, 0.2) is 36.8 Å². The molecule has 3 rings (SSSR count). The average Bonchev–Trinajstić information content (AvgIpc) is 2.36. The molecule has 0 aromatic carbocycles. The van der Waals surface area contributed by atoms with Crippen molar-refractivity contribution in [3.05, 3.63) is 53.6 Å². The van der Waals surface area contributed by atoms with E-state index < -0.39 is 0 Å². The third-order valence-electron chi connectivity index (χ3n) is 2.92. The van der Waals surface area contributed by atoms with E-state index in [1.54, 1.807) is 24.7 Å². The minimum atomic E-state index is -0.0970. The first-order valence-corrected chi connectivity index (χ1v) is 5.53. The minimum absolute atomic E-state index is 0.0970. The molecule has 2 aromatic rings. The largest absolute Gasteiger partial charge is 0.322 e. The Kier molecular flexibility index (Phi) is 2.33. The highest BCUT2D eigenvalue weighted by Crippen LogP contribution is 2.21. The fourth-order valence-corrected chi connectivity index (χ4v) is 2.03. The Morgan fingerprint density at radius 1 is 1.18 bits per heavy atom. The van der Waals surface area contributed by atoms with Crippen LogP contribution in [0, 0.1) is 0 Å². The van der Waals surface area contributed by atoms with Crippen LogP contribution >= 0.6 is 0 Å². The van der Waals surface area contributed by atoms with Gasteiger partial charge in [0.25, 0.3) is 5.91 Å². The lowest BCUT2D eigenvalue weighted by Crippen LogP contribution is -2.19. The van der Waals surface area contributed by atoms with Crippen molar-refractivity contribution < 1.29 is 4.79 Å². The van der Waals surface area contributed by atoms with Gasteiger partial charge in [0.1, 0.15) is 0 Å². The van der Waals surface area contributed by atoms with Crippen LogP contribution < -0.4 is 5.32 Å². The van der Waals surface area contributed by atoms with Crippen LogP contribution in [0.25, 0.3) is 0 Å². The normalized spacial score (nSPS) is 14.0. The molecular weight excluding hydrogens is 214 g/mol. The average molecular weight is 225 g/mol. The van der Waals surface area contributed by atoms with Crippen LogP contribution in [0.3, 0.4) is 0 Å². The van der Waals surface area contributed by atoms with Gasteiger partial charge in [-0.1, -0.05) is 0 Å². The van der Waals surface area contributed by atoms with E-state index in [-0.39, 0.29) is 5.91 Å². The number of fused-ring (bicyclic) bond motifs is 2. The van der Waals surface area contributed by atoms with Gasteiger partial charge in [-0.3, -0.25) is 14.8 Å². The summed E-state index contributed by atoms with van der Waals surface area (Å²) in [6.07, 6.45) is 6.81. The van der Waals surface area contributed by atoms with Gasteiger partial charge in [-0.25, -0.2) is 0 Å². The number of carbonyl (C=O) groups is 1. The van der Waals surface area contributed by atoms with Crippen LogP contribution in [0.5, 0.6) is 0 Å². The molecule has 4 nitrogen and oxygen atoms in total. The highest BCUT2D eigenvalue weighted by Gasteiger charge is 2.17. The Morgan fingerprint density at radius 3 is 3.06 bits per heavy atom. The molecule has 0 aliphatic carbocycles. The van der Waals surface area contributed by atoms with E-state index in [1.807, 2.05) is 12.1 Å². The third kappa shape index (κ3) is 1.78. The number of nitrogens with zero attached hydrogens (tertiary/aromatic N) is 2. The minimum Gasteiger partial charge on any atom is -0.322 e. The Balaban J connectivity index is 2.06. The standard InChI is InChI=1S/C13H11N3O/c17-13-10-2-1-6-15-12(10)4-3-9-8-14-7-5-11(9)16-13/h1-2,5-8H,3-4H2,(H,16,17). The SMILES string of the molecule is O=C1Nc2ccncc2CCc2ncccc21. The summed E-state index contributed by atoms with van der Waals surface area (Å²) in [5.41, 5.74) is 3.41. The highest BCUT2D eigenvalue weighted by molar-refractivity contribution is 6.05. The zero-order valence-electron chi connectivity index (χ0n) is 9.18. The van der Waals surface area contributed by atoms with Crippen molar-refractivity contribution in [3.8, 4) is 0 Å². The van der Waals surface area contributed by atoms with Gasteiger partial charge in [-0.05, 0) is 36.6 Å². The molecule has 0 saturated carbocycles. The third-order valence-corrected chi connectivity index (χ3v) is 2.92. The molecule has 1 N–H and O–H groups in total. The lowest BCUT2D eigenvalue weighted by Gasteiger charge is -2.15. The zero-order valence-corrected chi connectivity index (χ0v) is 9.18. The fourth-order valence-electron chi connectivity index (χ4n) is 2.03. The second kappa shape index (κ2) is 3.97. The van der Waals surface area contributed by atoms with E-state index in [4.69, 9.17) is 0 Å². The van der Waals surface area contributed by atoms with Gasteiger partial charge in [-0.15, -0.1) is 0 Å². The maximum absolute atomic E-state index is 12.0. The van der Waals surface area contributed by atoms with Crippen molar-refractivity contribution in [1.82, 2.24) is 9.97 Å². The van der Waals surface area contributed by atoms with Gasteiger partial charge in [0.2, 0.25) is 0 Å². The van der Waals surface area contributed by atoms with Gasteiger partial charge in [0.15, 0.2) is 0 Å². The van der Waals surface area contributed by atoms with E-state index in [0.29, 0.717) is 5.56 Å². The lowest BCUT2D eigenvalue weighted by atomic mass is 10.0. The Bertz CT molecular complexity index is 580. The number of nitrogens with one attached hydrogen (secondary N) is 1. The predicted octanol–water partition coefficient (Wildman–Crippen LogP) is 1.83. The predicted molar refractivity (Wildman–Crippen MR) is 63.8 cm³/mol. The van der Waals surface area contributed by atoms with E-state index >= 15 is 0 Å². The van der Waals surface area contributed by atoms with Crippen molar-refractivity contribution in [2.45, 2.75) is 12.8 Å². The molecule has 2 aromatic heterocycles. The Morgan fingerprint density at radius 2 is 2.12 bits per heavy atom. The topological polar surface area (TPSA) is 54.9 Å². The van der Waals surface area contributed by atoms with Gasteiger partial charge in [0.05, 0.1) is 11.3 Å². The molecule has 0 saturated heterocycles. The summed E-state index contributed by atoms with van der Waals surface area (Å²) in [6.45, 7) is 0. The molecule has 1 aliphatic rings. The first kappa shape index (κ1) is 9.96. The second-order valence-corrected chi connectivity index (χ2v) is 3.98. The van der Waals surface area contributed by atoms with Crippen LogP contribution in [0.1, 0.15) is 21.6 Å². The summed E-state index contributed by atoms with van der Waals surface area (Å²) in [5, 5.41) is 2.90. The number of hydrogen-bond acceptors (Lipinski definition) is 3. The highest BCUT2D eigenvalue weighted by atomic mass is 16.1. The van der Waals surface area contributed by atoms with Gasteiger partial charge in [-0.2, -0.15) is 0 Å². The number of aryl methyl sites for hydroxylation is 2. The molecule has 84 valence electrons. The van der Waals surface area contributed by atoms with Gasteiger partial charge >= 0.3 is 0 Å². The van der Waals surface area contributed by atoms with Crippen molar-refractivity contribution in [2.24, 2.45) is 0 Å². The van der Waals surface area contributed by atoms with Gasteiger partial charge in [0, 0.05) is 24.3 Å². The molecule has 0 fully saturated rings. The molecule has 1 aliphatic heterocycles. The number of aromatic nitrogens is 2. The molecule has 1 amide bonds. The smallest absolute Gasteiger partial charge is 0.257 e. The molecular formula is C13H11N3O. The molecule has 17 heavy (non-hydrogen) atoms. The summed E-state index contributed by atoms with van der Waals surface area (Å²) < 4.78 is 0. The first-order valence-electron chi connectivity index (χ1n) is 5.53. The number of pyridine rings is 2. The first-order chi connectivity index (χ1) is 8.34. The lowest BCUT2D eigenvalue weighted by molar-refractivity contribution is 0.102. The molecule has 4 heteroatoms. The summed E-state index contributed by atoms with van der Waals surface area (Å²) in [6, 6.07) is 5.42. The maximum atomic E-state index is 12.0. The molecule has 0 spiro atoms. The monoisotopic (exact) mass is 225 g/mol. The van der Waals surface area contributed by atoms with E-state index in [9.17, 15) is 4.79 Å². The van der Waals surface area contributed by atoms with Crippen molar-refractivity contribution in [3.63, 3.8) is 0 Å². The van der Waals surface area contributed by atoms with Crippen LogP contribution in [0.4, 0.5) is 5.69 Å². The van der Waals surface area contributed by atoms with E-state index in [0.717, 1.165) is 29.8 Å². The number of rotatable bonds is 0. The van der Waals surface area contributed by atoms with Crippen molar-refractivity contribution in [1.29, 1.82) is 0 Å². The van der Waals surface area contributed by atoms with Crippen molar-refractivity contribution in [2.75, 3.05) is 5.32 Å². The van der Waals surface area contributed by atoms with Crippen LogP contribution in [0.2, 0.25) is 0 Å². The zero-order chi connectivity index (χ0) is 11.7. The summed E-state index contributed by atoms with van der Waals surface area (Å²) >= 11 is 0. The fraction of sp³-hybridized carbons (Fsp3) is 0.154. The number of carbonyl (C=O) groups excluding carboxylic acids is 1. The number of amides is 1. The van der Waals surface area contributed by atoms with E-state index in [1.165, 1.54) is 0 Å². The molecule has 0 atom stereocenters. The Labute approximate surface area is 98.7 Å². The molecule has 3 heterocycles. The summed E-state index contributed by atoms with van der Waals surface area (Å²) in [7, 11) is 0. The summed E-state index contributed by atoms with van der Waals surface area (Å²) in [4.78, 5) is 20.4. The van der Waals surface area contributed by atoms with Crippen LogP contribution in [-0.4, -0.2) is 15.9 Å². The van der Waals surface area contributed by atoms with E-state index in [2.05, 4.69) is 15.3 Å². The van der Waals surface area contributed by atoms with Crippen molar-refractivity contribution >= 4 is 11.6 Å². The van der Waals surface area contributed by atoms with Gasteiger partial charge < -0.3 is 5.32 Å². The van der Waals surface area contributed by atoms with Crippen LogP contribution in [-0.2, 0) is 12.8 Å².